The topological polar surface area (TPSA) is 50.2 Å². The Bertz CT molecular complexity index is 581. The van der Waals surface area contributed by atoms with Crippen LogP contribution in [0.4, 0.5) is 4.79 Å². The van der Waals surface area contributed by atoms with Gasteiger partial charge in [-0.15, -0.1) is 11.3 Å². The van der Waals surface area contributed by atoms with Crippen molar-refractivity contribution in [3.05, 3.63) is 39.6 Å². The first kappa shape index (κ1) is 14.9. The Hall–Kier alpha value is -1.53. The van der Waals surface area contributed by atoms with Crippen LogP contribution in [0.3, 0.4) is 0 Å². The molecule has 0 aromatic carbocycles. The number of hydrogen-bond acceptors (Lipinski definition) is 3. The van der Waals surface area contributed by atoms with Crippen molar-refractivity contribution >= 4 is 29.0 Å². The van der Waals surface area contributed by atoms with E-state index in [9.17, 15) is 4.79 Å². The summed E-state index contributed by atoms with van der Waals surface area (Å²) in [5.41, 5.74) is 0.981. The first-order valence-corrected chi connectivity index (χ1v) is 7.45. The summed E-state index contributed by atoms with van der Waals surface area (Å²) < 4.78 is 1.91. The van der Waals surface area contributed by atoms with Crippen molar-refractivity contribution < 1.29 is 4.79 Å². The molecule has 0 aliphatic rings. The standard InChI is InChI=1S/C13H17ClN4OS/c1-9(12-15-4-5-20-12)16-13(19)18(3)8-11-6-10(14)7-17(11)2/h4-7,9H,8H2,1-3H3,(H,16,19). The smallest absolute Gasteiger partial charge is 0.318 e. The van der Waals surface area contributed by atoms with Crippen molar-refractivity contribution in [2.75, 3.05) is 7.05 Å². The van der Waals surface area contributed by atoms with Crippen LogP contribution in [0.2, 0.25) is 5.02 Å². The summed E-state index contributed by atoms with van der Waals surface area (Å²) in [5.74, 6) is 0. The van der Waals surface area contributed by atoms with E-state index in [0.717, 1.165) is 10.7 Å². The van der Waals surface area contributed by atoms with E-state index >= 15 is 0 Å². The maximum atomic E-state index is 12.1. The Morgan fingerprint density at radius 3 is 2.95 bits per heavy atom. The van der Waals surface area contributed by atoms with Crippen LogP contribution in [0, 0.1) is 0 Å². The van der Waals surface area contributed by atoms with E-state index in [1.165, 1.54) is 11.3 Å². The van der Waals surface area contributed by atoms with Gasteiger partial charge in [0.2, 0.25) is 0 Å². The molecular weight excluding hydrogens is 296 g/mol. The van der Waals surface area contributed by atoms with Crippen molar-refractivity contribution in [3.8, 4) is 0 Å². The van der Waals surface area contributed by atoms with Crippen LogP contribution in [0.15, 0.2) is 23.8 Å². The van der Waals surface area contributed by atoms with E-state index in [1.807, 2.05) is 36.2 Å². The average molecular weight is 313 g/mol. The van der Waals surface area contributed by atoms with Gasteiger partial charge in [0, 0.05) is 37.6 Å². The van der Waals surface area contributed by atoms with Crippen LogP contribution in [0.5, 0.6) is 0 Å². The molecule has 0 bridgehead atoms. The molecule has 0 saturated heterocycles. The number of thiazole rings is 1. The molecule has 0 aliphatic carbocycles. The second-order valence-electron chi connectivity index (χ2n) is 4.66. The van der Waals surface area contributed by atoms with Gasteiger partial charge in [-0.05, 0) is 13.0 Å². The Kier molecular flexibility index (Phi) is 4.67. The lowest BCUT2D eigenvalue weighted by molar-refractivity contribution is 0.202. The van der Waals surface area contributed by atoms with Gasteiger partial charge in [0.05, 0.1) is 17.6 Å². The summed E-state index contributed by atoms with van der Waals surface area (Å²) in [5, 5.41) is 6.39. The Labute approximate surface area is 127 Å². The van der Waals surface area contributed by atoms with E-state index in [1.54, 1.807) is 18.1 Å². The van der Waals surface area contributed by atoms with Gasteiger partial charge in [-0.3, -0.25) is 0 Å². The molecule has 0 spiro atoms. The minimum Gasteiger partial charge on any atom is -0.351 e. The van der Waals surface area contributed by atoms with Crippen molar-refractivity contribution in [1.82, 2.24) is 19.8 Å². The van der Waals surface area contributed by atoms with Crippen LogP contribution in [-0.4, -0.2) is 27.5 Å². The molecule has 1 unspecified atom stereocenters. The third-order valence-corrected chi connectivity index (χ3v) is 4.15. The maximum Gasteiger partial charge on any atom is 0.318 e. The number of carbonyl (C=O) groups is 1. The van der Waals surface area contributed by atoms with Crippen molar-refractivity contribution in [2.24, 2.45) is 7.05 Å². The van der Waals surface area contributed by atoms with Crippen molar-refractivity contribution in [2.45, 2.75) is 19.5 Å². The zero-order valence-electron chi connectivity index (χ0n) is 11.6. The lowest BCUT2D eigenvalue weighted by Gasteiger charge is -2.20. The molecule has 0 aliphatic heterocycles. The second-order valence-corrected chi connectivity index (χ2v) is 6.02. The second kappa shape index (κ2) is 6.28. The fraction of sp³-hybridized carbons (Fsp3) is 0.385. The summed E-state index contributed by atoms with van der Waals surface area (Å²) in [7, 11) is 3.66. The van der Waals surface area contributed by atoms with Gasteiger partial charge in [0.15, 0.2) is 0 Å². The lowest BCUT2D eigenvalue weighted by Crippen LogP contribution is -2.38. The Morgan fingerprint density at radius 2 is 2.40 bits per heavy atom. The number of rotatable bonds is 4. The fourth-order valence-electron chi connectivity index (χ4n) is 1.84. The van der Waals surface area contributed by atoms with Gasteiger partial charge in [-0.25, -0.2) is 9.78 Å². The highest BCUT2D eigenvalue weighted by atomic mass is 35.5. The average Bonchev–Trinajstić information content (AvgIpc) is 3.00. The largest absolute Gasteiger partial charge is 0.351 e. The molecule has 7 heteroatoms. The van der Waals surface area contributed by atoms with E-state index in [4.69, 9.17) is 11.6 Å². The first-order chi connectivity index (χ1) is 9.47. The number of hydrogen-bond donors (Lipinski definition) is 1. The molecule has 20 heavy (non-hydrogen) atoms. The fourth-order valence-corrected chi connectivity index (χ4v) is 2.76. The third-order valence-electron chi connectivity index (χ3n) is 2.98. The number of nitrogens with zero attached hydrogens (tertiary/aromatic N) is 3. The normalized spacial score (nSPS) is 12.2. The quantitative estimate of drug-likeness (QED) is 0.943. The Morgan fingerprint density at radius 1 is 1.65 bits per heavy atom. The molecule has 2 aromatic rings. The molecule has 2 heterocycles. The molecule has 2 rings (SSSR count). The number of aromatic nitrogens is 2. The van der Waals surface area contributed by atoms with E-state index in [-0.39, 0.29) is 12.1 Å². The number of nitrogens with one attached hydrogen (secondary N) is 1. The Balaban J connectivity index is 1.94. The molecule has 5 nitrogen and oxygen atoms in total. The van der Waals surface area contributed by atoms with Gasteiger partial charge in [-0.1, -0.05) is 11.6 Å². The van der Waals surface area contributed by atoms with Crippen molar-refractivity contribution in [3.63, 3.8) is 0 Å². The van der Waals surface area contributed by atoms with Gasteiger partial charge < -0.3 is 14.8 Å². The van der Waals surface area contributed by atoms with Gasteiger partial charge in [0.25, 0.3) is 0 Å². The van der Waals surface area contributed by atoms with Crippen LogP contribution in [0.1, 0.15) is 23.7 Å². The number of halogens is 1. The molecule has 0 radical (unpaired) electrons. The minimum absolute atomic E-state index is 0.0954. The maximum absolute atomic E-state index is 12.1. The van der Waals surface area contributed by atoms with Crippen LogP contribution in [-0.2, 0) is 13.6 Å². The zero-order valence-corrected chi connectivity index (χ0v) is 13.2. The zero-order chi connectivity index (χ0) is 14.7. The third kappa shape index (κ3) is 3.52. The highest BCUT2D eigenvalue weighted by Crippen LogP contribution is 2.16. The molecule has 1 N–H and O–H groups in total. The summed E-state index contributed by atoms with van der Waals surface area (Å²) in [6.07, 6.45) is 3.55. The highest BCUT2D eigenvalue weighted by molar-refractivity contribution is 7.09. The van der Waals surface area contributed by atoms with Crippen LogP contribution < -0.4 is 5.32 Å². The summed E-state index contributed by atoms with van der Waals surface area (Å²) in [6.45, 7) is 2.42. The molecule has 0 fully saturated rings. The van der Waals surface area contributed by atoms with E-state index in [0.29, 0.717) is 11.6 Å². The highest BCUT2D eigenvalue weighted by Gasteiger charge is 2.16. The summed E-state index contributed by atoms with van der Waals surface area (Å²) in [4.78, 5) is 17.9. The number of urea groups is 1. The lowest BCUT2D eigenvalue weighted by atomic mass is 10.3. The van der Waals surface area contributed by atoms with Gasteiger partial charge in [-0.2, -0.15) is 0 Å². The number of carbonyl (C=O) groups excluding carboxylic acids is 1. The van der Waals surface area contributed by atoms with Crippen LogP contribution in [0.25, 0.3) is 0 Å². The molecule has 108 valence electrons. The molecule has 1 atom stereocenters. The molecular formula is C13H17ClN4OS. The van der Waals surface area contributed by atoms with Gasteiger partial charge >= 0.3 is 6.03 Å². The number of aryl methyl sites for hydroxylation is 1. The van der Waals surface area contributed by atoms with Crippen molar-refractivity contribution in [1.29, 1.82) is 0 Å². The monoisotopic (exact) mass is 312 g/mol. The van der Waals surface area contributed by atoms with E-state index in [2.05, 4.69) is 10.3 Å². The summed E-state index contributed by atoms with van der Waals surface area (Å²) in [6, 6.07) is 1.63. The SMILES string of the molecule is CC(NC(=O)N(C)Cc1cc(Cl)cn1C)c1nccs1. The van der Waals surface area contributed by atoms with Crippen LogP contribution >= 0.6 is 22.9 Å². The van der Waals surface area contributed by atoms with Gasteiger partial charge in [0.1, 0.15) is 5.01 Å². The van der Waals surface area contributed by atoms with E-state index < -0.39 is 0 Å². The summed E-state index contributed by atoms with van der Waals surface area (Å²) >= 11 is 7.46. The predicted molar refractivity (Wildman–Crippen MR) is 81.0 cm³/mol. The molecule has 2 aromatic heterocycles. The number of amides is 2. The minimum atomic E-state index is -0.134. The molecule has 0 saturated carbocycles. The first-order valence-electron chi connectivity index (χ1n) is 6.19. The predicted octanol–water partition coefficient (Wildman–Crippen LogP) is 3.04. The molecule has 2 amide bonds.